The molecule has 0 atom stereocenters. The number of aromatic nitrogens is 4. The van der Waals surface area contributed by atoms with Crippen molar-refractivity contribution in [2.45, 2.75) is 25.3 Å². The minimum absolute atomic E-state index is 0.129. The van der Waals surface area contributed by atoms with Crippen LogP contribution < -0.4 is 20.9 Å². The molecule has 4 rings (SSSR count). The Balaban J connectivity index is 1.77. The number of nitrogens with one attached hydrogen (secondary N) is 3. The quantitative estimate of drug-likeness (QED) is 0.487. The van der Waals surface area contributed by atoms with Gasteiger partial charge in [0.25, 0.3) is 5.91 Å². The zero-order valence-electron chi connectivity index (χ0n) is 14.6. The zero-order chi connectivity index (χ0) is 19.0. The highest BCUT2D eigenvalue weighted by atomic mass is 16.2. The Hall–Kier alpha value is -3.68. The largest absolute Gasteiger partial charge is 0.351 e. The maximum Gasteiger partial charge on any atom is 0.326 e. The highest BCUT2D eigenvalue weighted by Crippen LogP contribution is 2.26. The summed E-state index contributed by atoms with van der Waals surface area (Å²) in [7, 11) is 1.81. The highest BCUT2D eigenvalue weighted by molar-refractivity contribution is 6.14. The molecule has 0 unspecified atom stereocenters. The fourth-order valence-corrected chi connectivity index (χ4v) is 2.62. The number of urea groups is 1. The van der Waals surface area contributed by atoms with Crippen molar-refractivity contribution in [3.63, 3.8) is 0 Å². The maximum atomic E-state index is 11.8. The molecule has 2 aliphatic rings. The summed E-state index contributed by atoms with van der Waals surface area (Å²) in [5.74, 6) is 0.489. The lowest BCUT2D eigenvalue weighted by Gasteiger charge is -2.17. The molecule has 1 saturated heterocycles. The van der Waals surface area contributed by atoms with Crippen molar-refractivity contribution in [1.82, 2.24) is 30.2 Å². The third-order valence-electron chi connectivity index (χ3n) is 4.21. The molecule has 1 aliphatic heterocycles. The van der Waals surface area contributed by atoms with Crippen LogP contribution in [0.25, 0.3) is 11.7 Å². The second-order valence-corrected chi connectivity index (χ2v) is 6.40. The molecule has 3 heterocycles. The van der Waals surface area contributed by atoms with E-state index >= 15 is 0 Å². The van der Waals surface area contributed by atoms with Gasteiger partial charge in [-0.05, 0) is 18.9 Å². The van der Waals surface area contributed by atoms with E-state index in [0.29, 0.717) is 42.1 Å². The Morgan fingerprint density at radius 3 is 2.89 bits per heavy atom. The van der Waals surface area contributed by atoms with Gasteiger partial charge in [0.1, 0.15) is 5.70 Å². The summed E-state index contributed by atoms with van der Waals surface area (Å²) in [4.78, 5) is 34.0. The second kappa shape index (κ2) is 6.56. The zero-order valence-corrected chi connectivity index (χ0v) is 14.6. The van der Waals surface area contributed by atoms with Gasteiger partial charge < -0.3 is 15.5 Å². The molecular formula is C16H17N9O2. The van der Waals surface area contributed by atoms with Crippen molar-refractivity contribution < 1.29 is 9.59 Å². The Labute approximate surface area is 154 Å². The first-order valence-corrected chi connectivity index (χ1v) is 8.49. The van der Waals surface area contributed by atoms with Gasteiger partial charge in [-0.25, -0.2) is 4.79 Å². The maximum absolute atomic E-state index is 11.8. The third kappa shape index (κ3) is 3.37. The molecule has 3 N–H and O–H groups in total. The minimum atomic E-state index is -0.564. The molecule has 11 heteroatoms. The average Bonchev–Trinajstić information content (AvgIpc) is 3.28. The fraction of sp³-hybridized carbons (Fsp3) is 0.375. The molecule has 0 aromatic carbocycles. The molecule has 11 nitrogen and oxygen atoms in total. The van der Waals surface area contributed by atoms with Crippen molar-refractivity contribution in [3.05, 3.63) is 17.5 Å². The van der Waals surface area contributed by atoms with Gasteiger partial charge >= 0.3 is 6.03 Å². The van der Waals surface area contributed by atoms with Crippen molar-refractivity contribution in [1.29, 1.82) is 5.26 Å². The molecule has 2 aromatic rings. The summed E-state index contributed by atoms with van der Waals surface area (Å²) in [6, 6.07) is 1.89. The first-order valence-electron chi connectivity index (χ1n) is 8.49. The van der Waals surface area contributed by atoms with Crippen molar-refractivity contribution in [2.75, 3.05) is 23.8 Å². The smallest absolute Gasteiger partial charge is 0.326 e. The Morgan fingerprint density at radius 2 is 2.22 bits per heavy atom. The van der Waals surface area contributed by atoms with E-state index in [1.807, 2.05) is 7.05 Å². The van der Waals surface area contributed by atoms with E-state index in [-0.39, 0.29) is 5.70 Å². The van der Waals surface area contributed by atoms with E-state index in [4.69, 9.17) is 5.26 Å². The molecule has 0 spiro atoms. The molecular weight excluding hydrogens is 350 g/mol. The van der Waals surface area contributed by atoms with Gasteiger partial charge in [-0.1, -0.05) is 0 Å². The summed E-state index contributed by atoms with van der Waals surface area (Å²) in [6.45, 7) is 0.485. The molecule has 1 aliphatic carbocycles. The summed E-state index contributed by atoms with van der Waals surface area (Å²) in [6.07, 6.45) is 5.56. The van der Waals surface area contributed by atoms with Gasteiger partial charge in [0, 0.05) is 25.2 Å². The van der Waals surface area contributed by atoms with Crippen molar-refractivity contribution in [3.8, 4) is 6.07 Å². The topological polar surface area (TPSA) is 140 Å². The van der Waals surface area contributed by atoms with Crippen LogP contribution in [0.2, 0.25) is 0 Å². The summed E-state index contributed by atoms with van der Waals surface area (Å²) in [5.41, 5.74) is 1.19. The first-order chi connectivity index (χ1) is 13.0. The van der Waals surface area contributed by atoms with Crippen LogP contribution in [0.4, 0.5) is 16.7 Å². The normalized spacial score (nSPS) is 17.7. The first kappa shape index (κ1) is 16.8. The van der Waals surface area contributed by atoms with Crippen LogP contribution in [0.15, 0.2) is 11.9 Å². The third-order valence-corrected chi connectivity index (χ3v) is 4.21. The van der Waals surface area contributed by atoms with Gasteiger partial charge in [0.05, 0.1) is 18.7 Å². The molecule has 2 aromatic heterocycles. The number of carbonyl (C=O) groups is 2. The SMILES string of the molecule is CN(CCC#N)c1nc(NC2CC2)n2ncc(/C=C3\NC(=O)NC3=O)c2n1. The lowest BCUT2D eigenvalue weighted by molar-refractivity contribution is -0.115. The number of fused-ring (bicyclic) bond motifs is 1. The van der Waals surface area contributed by atoms with Crippen LogP contribution in [0, 0.1) is 11.3 Å². The number of carbonyl (C=O) groups excluding carboxylic acids is 2. The van der Waals surface area contributed by atoms with E-state index in [0.717, 1.165) is 12.8 Å². The Bertz CT molecular complexity index is 999. The number of rotatable bonds is 6. The highest BCUT2D eigenvalue weighted by Gasteiger charge is 2.26. The van der Waals surface area contributed by atoms with Crippen molar-refractivity contribution >= 4 is 35.6 Å². The number of imide groups is 1. The number of hydrogen-bond acceptors (Lipinski definition) is 8. The predicted octanol–water partition coefficient (Wildman–Crippen LogP) is 0.229. The van der Waals surface area contributed by atoms with Gasteiger partial charge in [-0.3, -0.25) is 10.1 Å². The van der Waals surface area contributed by atoms with E-state index in [9.17, 15) is 9.59 Å². The predicted molar refractivity (Wildman–Crippen MR) is 95.6 cm³/mol. The van der Waals surface area contributed by atoms with Gasteiger partial charge in [-0.2, -0.15) is 24.8 Å². The second-order valence-electron chi connectivity index (χ2n) is 6.40. The van der Waals surface area contributed by atoms with Crippen LogP contribution in [0.3, 0.4) is 0 Å². The molecule has 1 saturated carbocycles. The van der Waals surface area contributed by atoms with E-state index in [1.54, 1.807) is 15.6 Å². The monoisotopic (exact) mass is 367 g/mol. The lowest BCUT2D eigenvalue weighted by atomic mass is 10.2. The number of amides is 3. The molecule has 138 valence electrons. The number of hydrogen-bond donors (Lipinski definition) is 3. The average molecular weight is 367 g/mol. The molecule has 27 heavy (non-hydrogen) atoms. The van der Waals surface area contributed by atoms with Gasteiger partial charge in [-0.15, -0.1) is 0 Å². The van der Waals surface area contributed by atoms with Crippen LogP contribution in [0.5, 0.6) is 0 Å². The summed E-state index contributed by atoms with van der Waals surface area (Å²) < 4.78 is 1.57. The number of nitriles is 1. The van der Waals surface area contributed by atoms with E-state index < -0.39 is 11.9 Å². The van der Waals surface area contributed by atoms with Gasteiger partial charge in [0.2, 0.25) is 11.9 Å². The number of nitrogens with zero attached hydrogens (tertiary/aromatic N) is 6. The molecule has 0 bridgehead atoms. The number of anilines is 2. The van der Waals surface area contributed by atoms with Crippen LogP contribution >= 0.6 is 0 Å². The van der Waals surface area contributed by atoms with Gasteiger partial charge in [0.15, 0.2) is 5.65 Å². The minimum Gasteiger partial charge on any atom is -0.351 e. The summed E-state index contributed by atoms with van der Waals surface area (Å²) in [5, 5.41) is 21.1. The molecule has 0 radical (unpaired) electrons. The van der Waals surface area contributed by atoms with E-state index in [1.165, 1.54) is 6.08 Å². The Morgan fingerprint density at radius 1 is 1.41 bits per heavy atom. The van der Waals surface area contributed by atoms with E-state index in [2.05, 4.69) is 37.1 Å². The fourth-order valence-electron chi connectivity index (χ4n) is 2.62. The van der Waals surface area contributed by atoms with Crippen LogP contribution in [0.1, 0.15) is 24.8 Å². The van der Waals surface area contributed by atoms with Crippen LogP contribution in [-0.4, -0.2) is 51.2 Å². The lowest BCUT2D eigenvalue weighted by Crippen LogP contribution is -2.22. The van der Waals surface area contributed by atoms with Crippen LogP contribution in [-0.2, 0) is 4.79 Å². The van der Waals surface area contributed by atoms with Crippen molar-refractivity contribution in [2.24, 2.45) is 0 Å². The molecule has 2 fully saturated rings. The molecule has 3 amide bonds. The summed E-state index contributed by atoms with van der Waals surface area (Å²) >= 11 is 0. The Kier molecular flexibility index (Phi) is 4.08. The standard InChI is InChI=1S/C16H17N9O2/c1-24(6-2-5-17)14-21-12-9(7-11-13(26)22-16(27)20-11)8-18-25(12)15(23-14)19-10-3-4-10/h7-8,10H,2-4,6H2,1H3,(H,19,21,23)(H2,20,22,26,27)/b11-7-.